The van der Waals surface area contributed by atoms with Crippen molar-refractivity contribution < 1.29 is 22.3 Å². The van der Waals surface area contributed by atoms with E-state index in [4.69, 9.17) is 10.4 Å². The van der Waals surface area contributed by atoms with Crippen molar-refractivity contribution in [3.8, 4) is 6.07 Å². The van der Waals surface area contributed by atoms with Crippen LogP contribution in [0.3, 0.4) is 0 Å². The quantitative estimate of drug-likeness (QED) is 0.835. The zero-order valence-corrected chi connectivity index (χ0v) is 11.3. The summed E-state index contributed by atoms with van der Waals surface area (Å²) in [5.74, 6) is -0.849. The van der Waals surface area contributed by atoms with Crippen LogP contribution in [0.1, 0.15) is 5.56 Å². The number of nitrogens with one attached hydrogen (secondary N) is 1. The van der Waals surface area contributed by atoms with Gasteiger partial charge in [-0.1, -0.05) is 0 Å². The molecule has 1 aromatic rings. The molecule has 6 nitrogen and oxygen atoms in total. The molecule has 0 spiro atoms. The third kappa shape index (κ3) is 2.90. The van der Waals surface area contributed by atoms with E-state index >= 15 is 0 Å². The smallest absolute Gasteiger partial charge is 0.263 e. The number of aliphatic imine (C=N–C) groups is 1. The van der Waals surface area contributed by atoms with Crippen molar-refractivity contribution >= 4 is 27.0 Å². The monoisotopic (exact) mass is 319 g/mol. The molecule has 20 heavy (non-hydrogen) atoms. The first-order valence-corrected chi connectivity index (χ1v) is 7.49. The molecule has 0 aliphatic carbocycles. The maximum absolute atomic E-state index is 13.1. The normalized spacial score (nSPS) is 22.2. The van der Waals surface area contributed by atoms with Crippen LogP contribution in [0.2, 0.25) is 0 Å². The third-order valence-electron chi connectivity index (χ3n) is 2.30. The Morgan fingerprint density at radius 2 is 2.20 bits per heavy atom. The third-order valence-corrected chi connectivity index (χ3v) is 4.66. The highest BCUT2D eigenvalue weighted by Gasteiger charge is 2.31. The Bertz CT molecular complexity index is 715. The molecule has 2 N–H and O–H groups in total. The van der Waals surface area contributed by atoms with Gasteiger partial charge < -0.3 is 5.11 Å². The Hall–Kier alpha value is -1.70. The molecule has 0 aromatic heterocycles. The molecule has 2 atom stereocenters. The molecule has 1 aromatic carbocycles. The molecule has 1 aliphatic heterocycles. The molecule has 2 unspecified atom stereocenters. The van der Waals surface area contributed by atoms with Crippen molar-refractivity contribution in [3.63, 3.8) is 0 Å². The van der Waals surface area contributed by atoms with Gasteiger partial charge in [0.1, 0.15) is 11.9 Å². The van der Waals surface area contributed by atoms with Gasteiger partial charge in [0.15, 0.2) is 16.9 Å². The number of rotatable bonds is 2. The fraction of sp³-hybridized carbons (Fsp3) is 0.200. The maximum atomic E-state index is 13.1. The standard InChI is InChI=1S/C10H7F2N3O3S2/c11-7-2-1-6(3-5(7)4-13)20(17,18)15-10-14-9(16)8(12)19-10/h1-3,8-9,16H,(H,14,15). The Morgan fingerprint density at radius 1 is 1.50 bits per heavy atom. The van der Waals surface area contributed by atoms with Gasteiger partial charge in [0.05, 0.1) is 10.5 Å². The molecule has 0 bridgehead atoms. The number of aliphatic hydroxyl groups excluding tert-OH is 1. The first-order chi connectivity index (χ1) is 9.33. The molecule has 1 heterocycles. The molecule has 0 amide bonds. The number of hydrogen-bond acceptors (Lipinski definition) is 6. The maximum Gasteiger partial charge on any atom is 0.263 e. The van der Waals surface area contributed by atoms with Gasteiger partial charge in [0.25, 0.3) is 10.0 Å². The number of nitrogens with zero attached hydrogens (tertiary/aromatic N) is 2. The van der Waals surface area contributed by atoms with E-state index in [2.05, 4.69) is 4.99 Å². The van der Waals surface area contributed by atoms with Crippen molar-refractivity contribution in [1.29, 1.82) is 5.26 Å². The second-order valence-corrected chi connectivity index (χ2v) is 6.43. The van der Waals surface area contributed by atoms with Crippen LogP contribution >= 0.6 is 11.8 Å². The van der Waals surface area contributed by atoms with Gasteiger partial charge in [-0.15, -0.1) is 0 Å². The lowest BCUT2D eigenvalue weighted by Crippen LogP contribution is -2.27. The van der Waals surface area contributed by atoms with Crippen LogP contribution in [0.4, 0.5) is 8.78 Å². The minimum absolute atomic E-state index is 0.312. The summed E-state index contributed by atoms with van der Waals surface area (Å²) < 4.78 is 51.9. The van der Waals surface area contributed by atoms with Gasteiger partial charge in [-0.25, -0.2) is 22.2 Å². The predicted molar refractivity (Wildman–Crippen MR) is 67.4 cm³/mol. The average molecular weight is 319 g/mol. The summed E-state index contributed by atoms with van der Waals surface area (Å²) in [7, 11) is -4.14. The van der Waals surface area contributed by atoms with E-state index in [9.17, 15) is 17.2 Å². The van der Waals surface area contributed by atoms with Gasteiger partial charge in [-0.3, -0.25) is 4.72 Å². The average Bonchev–Trinajstić information content (AvgIpc) is 2.67. The Kier molecular flexibility index (Phi) is 3.94. The summed E-state index contributed by atoms with van der Waals surface area (Å²) in [5.41, 5.74) is -2.19. The number of hydrogen-bond donors (Lipinski definition) is 2. The lowest BCUT2D eigenvalue weighted by molar-refractivity contribution is 0.135. The first kappa shape index (κ1) is 14.7. The number of halogens is 2. The zero-order valence-electron chi connectivity index (χ0n) is 9.62. The Labute approximate surface area is 117 Å². The van der Waals surface area contributed by atoms with Crippen LogP contribution in [-0.4, -0.2) is 30.4 Å². The summed E-state index contributed by atoms with van der Waals surface area (Å²) in [5, 5.41) is 17.4. The SMILES string of the molecule is N#Cc1cc(S(=O)(=O)NC2=NC(O)C(F)S2)ccc1F. The Balaban J connectivity index is 2.28. The topological polar surface area (TPSA) is 103 Å². The van der Waals surface area contributed by atoms with Crippen LogP contribution in [-0.2, 0) is 10.0 Å². The van der Waals surface area contributed by atoms with E-state index in [0.717, 1.165) is 18.2 Å². The van der Waals surface area contributed by atoms with E-state index in [1.165, 1.54) is 6.07 Å². The molecule has 0 saturated heterocycles. The van der Waals surface area contributed by atoms with Gasteiger partial charge in [-0.2, -0.15) is 5.26 Å². The van der Waals surface area contributed by atoms with Crippen LogP contribution < -0.4 is 4.72 Å². The fourth-order valence-corrected chi connectivity index (χ4v) is 3.37. The number of sulfonamides is 1. The number of nitriles is 1. The van der Waals surface area contributed by atoms with E-state index in [1.54, 1.807) is 0 Å². The summed E-state index contributed by atoms with van der Waals surface area (Å²) in [6.07, 6.45) is -1.64. The number of aliphatic hydroxyl groups is 1. The second-order valence-electron chi connectivity index (χ2n) is 3.68. The zero-order chi connectivity index (χ0) is 14.9. The largest absolute Gasteiger partial charge is 0.368 e. The minimum Gasteiger partial charge on any atom is -0.368 e. The van der Waals surface area contributed by atoms with Gasteiger partial charge in [0.2, 0.25) is 0 Å². The van der Waals surface area contributed by atoms with E-state index in [1.807, 2.05) is 4.72 Å². The second kappa shape index (κ2) is 5.35. The van der Waals surface area contributed by atoms with Crippen LogP contribution in [0.5, 0.6) is 0 Å². The van der Waals surface area contributed by atoms with Crippen LogP contribution in [0.15, 0.2) is 28.1 Å². The predicted octanol–water partition coefficient (Wildman–Crippen LogP) is 0.692. The number of alkyl halides is 1. The number of amidine groups is 1. The van der Waals surface area contributed by atoms with Crippen molar-refractivity contribution in [1.82, 2.24) is 4.72 Å². The lowest BCUT2D eigenvalue weighted by atomic mass is 10.2. The van der Waals surface area contributed by atoms with E-state index in [-0.39, 0.29) is 10.1 Å². The van der Waals surface area contributed by atoms with Crippen LogP contribution in [0.25, 0.3) is 0 Å². The van der Waals surface area contributed by atoms with E-state index < -0.39 is 33.1 Å². The fourth-order valence-electron chi connectivity index (χ4n) is 1.36. The van der Waals surface area contributed by atoms with Crippen LogP contribution in [0, 0.1) is 17.1 Å². The number of benzene rings is 1. The highest BCUT2D eigenvalue weighted by Crippen LogP contribution is 2.26. The molecule has 0 saturated carbocycles. The first-order valence-electron chi connectivity index (χ1n) is 5.12. The molecular formula is C10H7F2N3O3S2. The number of thioether (sulfide) groups is 1. The van der Waals surface area contributed by atoms with Crippen molar-refractivity contribution in [3.05, 3.63) is 29.6 Å². The van der Waals surface area contributed by atoms with Crippen molar-refractivity contribution in [2.45, 2.75) is 16.6 Å². The molecule has 0 radical (unpaired) electrons. The summed E-state index contributed by atoms with van der Waals surface area (Å²) in [4.78, 5) is 3.01. The van der Waals surface area contributed by atoms with E-state index in [0.29, 0.717) is 11.8 Å². The molecule has 1 aliphatic rings. The molecule has 2 rings (SSSR count). The molecule has 0 fully saturated rings. The highest BCUT2D eigenvalue weighted by molar-refractivity contribution is 8.15. The lowest BCUT2D eigenvalue weighted by Gasteiger charge is -2.07. The van der Waals surface area contributed by atoms with Gasteiger partial charge >= 0.3 is 0 Å². The molecular weight excluding hydrogens is 312 g/mol. The van der Waals surface area contributed by atoms with Crippen molar-refractivity contribution in [2.24, 2.45) is 4.99 Å². The van der Waals surface area contributed by atoms with Crippen molar-refractivity contribution in [2.75, 3.05) is 0 Å². The highest BCUT2D eigenvalue weighted by atomic mass is 32.2. The summed E-state index contributed by atoms with van der Waals surface area (Å²) in [6.45, 7) is 0. The Morgan fingerprint density at radius 3 is 2.75 bits per heavy atom. The molecule has 106 valence electrons. The van der Waals surface area contributed by atoms with Gasteiger partial charge in [-0.05, 0) is 30.0 Å². The van der Waals surface area contributed by atoms with Gasteiger partial charge in [0, 0.05) is 0 Å². The minimum atomic E-state index is -4.14. The summed E-state index contributed by atoms with van der Waals surface area (Å²) >= 11 is 0.412. The summed E-state index contributed by atoms with van der Waals surface area (Å²) in [6, 6.07) is 4.16. The molecule has 10 heteroatoms.